The Morgan fingerprint density at radius 1 is 1.44 bits per heavy atom. The number of aliphatic imine (C=N–C) groups is 1. The molecule has 0 aliphatic carbocycles. The van der Waals surface area contributed by atoms with Crippen molar-refractivity contribution in [1.82, 2.24) is 15.5 Å². The van der Waals surface area contributed by atoms with Crippen molar-refractivity contribution >= 4 is 23.4 Å². The van der Waals surface area contributed by atoms with Crippen molar-refractivity contribution < 1.29 is 9.50 Å². The third-order valence-electron chi connectivity index (χ3n) is 3.13. The van der Waals surface area contributed by atoms with Crippen LogP contribution in [0.3, 0.4) is 0 Å². The second-order valence-electron chi connectivity index (χ2n) is 5.26. The lowest BCUT2D eigenvalue weighted by Gasteiger charge is -2.17. The molecule has 8 N–H and O–H groups in total. The quantitative estimate of drug-likeness (QED) is 0.214. The minimum Gasteiger partial charge on any atom is -0.400 e. The number of rotatable bonds is 9. The fourth-order valence-corrected chi connectivity index (χ4v) is 1.86. The average Bonchev–Trinajstić information content (AvgIpc) is 3.07. The topological polar surface area (TPSA) is 137 Å². The summed E-state index contributed by atoms with van der Waals surface area (Å²) in [6, 6.07) is 0.948. The monoisotopic (exact) mass is 395 g/mol. The van der Waals surface area contributed by atoms with E-state index in [0.717, 1.165) is 17.8 Å². The van der Waals surface area contributed by atoms with E-state index in [-0.39, 0.29) is 22.5 Å². The largest absolute Gasteiger partial charge is 0.400 e. The number of nitrogens with zero attached hydrogens (tertiary/aromatic N) is 2. The van der Waals surface area contributed by atoms with Gasteiger partial charge in [-0.1, -0.05) is 24.8 Å². The predicted octanol–water partition coefficient (Wildman–Crippen LogP) is 1.87. The summed E-state index contributed by atoms with van der Waals surface area (Å²) >= 11 is 6.09. The van der Waals surface area contributed by atoms with Crippen LogP contribution in [0.4, 0.5) is 10.2 Å². The highest BCUT2D eigenvalue weighted by molar-refractivity contribution is 6.31. The van der Waals surface area contributed by atoms with Crippen LogP contribution >= 0.6 is 11.6 Å². The zero-order chi connectivity index (χ0) is 20.4. The van der Waals surface area contributed by atoms with Gasteiger partial charge in [0.1, 0.15) is 5.83 Å². The van der Waals surface area contributed by atoms with E-state index >= 15 is 0 Å². The van der Waals surface area contributed by atoms with Crippen LogP contribution < -0.4 is 22.1 Å². The molecule has 0 saturated heterocycles. The van der Waals surface area contributed by atoms with Crippen LogP contribution in [0.2, 0.25) is 0 Å². The highest BCUT2D eigenvalue weighted by Crippen LogP contribution is 2.15. The number of aryl methyl sites for hydroxylation is 1. The maximum absolute atomic E-state index is 13.1. The van der Waals surface area contributed by atoms with Gasteiger partial charge in [-0.05, 0) is 31.2 Å². The number of hydrogen-bond acceptors (Lipinski definition) is 5. The van der Waals surface area contributed by atoms with Crippen LogP contribution in [-0.2, 0) is 0 Å². The fourth-order valence-electron chi connectivity index (χ4n) is 1.77. The molecule has 0 radical (unpaired) electrons. The molecule has 0 aliphatic rings. The second-order valence-corrected chi connectivity index (χ2v) is 5.67. The van der Waals surface area contributed by atoms with Crippen LogP contribution in [0.1, 0.15) is 5.69 Å². The van der Waals surface area contributed by atoms with Gasteiger partial charge in [-0.2, -0.15) is 10.1 Å². The summed E-state index contributed by atoms with van der Waals surface area (Å²) in [7, 11) is 0. The lowest BCUT2D eigenvalue weighted by Crippen LogP contribution is -2.45. The van der Waals surface area contributed by atoms with Crippen molar-refractivity contribution in [1.29, 1.82) is 0 Å². The summed E-state index contributed by atoms with van der Waals surface area (Å²) in [6.45, 7) is 8.30. The number of aromatic nitrogens is 2. The zero-order valence-electron chi connectivity index (χ0n) is 14.8. The Hall–Kier alpha value is -3.04. The number of nitrogens with two attached hydrogens (primary N) is 2. The summed E-state index contributed by atoms with van der Waals surface area (Å²) in [6.07, 6.45) is 4.80. The standard InChI is InChI=1S/C17H23ClFN7O/c1-4-11(19)6-7-13(20)14(9-27)22-17(21)24-16(12(18)5-2)23-15-8-10(3)25-26-15/h4-8,14,27H,1-2,9,20H2,3H3,(H3,21,22,24)(H2,23,25,26)/b11-6+,13-7-,16-12+/t14-/m0/s1. The summed E-state index contributed by atoms with van der Waals surface area (Å²) < 4.78 is 13.1. The minimum absolute atomic E-state index is 0.0895. The molecule has 146 valence electrons. The van der Waals surface area contributed by atoms with Gasteiger partial charge in [-0.3, -0.25) is 5.10 Å². The van der Waals surface area contributed by atoms with E-state index in [9.17, 15) is 9.50 Å². The highest BCUT2D eigenvalue weighted by atomic mass is 35.5. The van der Waals surface area contributed by atoms with Crippen LogP contribution in [0.5, 0.6) is 0 Å². The molecule has 0 bridgehead atoms. The highest BCUT2D eigenvalue weighted by Gasteiger charge is 2.12. The molecule has 8 nitrogen and oxygen atoms in total. The smallest absolute Gasteiger partial charge is 0.195 e. The first-order valence-corrected chi connectivity index (χ1v) is 8.16. The first-order chi connectivity index (χ1) is 12.8. The van der Waals surface area contributed by atoms with E-state index in [0.29, 0.717) is 5.82 Å². The molecule has 10 heteroatoms. The number of H-pyrrole nitrogens is 1. The number of allylic oxidation sites excluding steroid dienone is 6. The van der Waals surface area contributed by atoms with Crippen LogP contribution in [0, 0.1) is 6.92 Å². The molecule has 1 rings (SSSR count). The zero-order valence-corrected chi connectivity index (χ0v) is 15.6. The number of anilines is 1. The normalized spacial score (nSPS) is 15.0. The molecule has 27 heavy (non-hydrogen) atoms. The third kappa shape index (κ3) is 7.38. The molecule has 0 unspecified atom stereocenters. The van der Waals surface area contributed by atoms with Crippen molar-refractivity contribution in [2.45, 2.75) is 13.0 Å². The molecule has 0 amide bonds. The fraction of sp³-hybridized carbons (Fsp3) is 0.176. The van der Waals surface area contributed by atoms with Crippen LogP contribution in [0.25, 0.3) is 0 Å². The van der Waals surface area contributed by atoms with Crippen molar-refractivity contribution in [3.8, 4) is 0 Å². The summed E-state index contributed by atoms with van der Waals surface area (Å²) in [4.78, 5) is 4.13. The van der Waals surface area contributed by atoms with Crippen molar-refractivity contribution in [3.05, 3.63) is 71.6 Å². The van der Waals surface area contributed by atoms with E-state index in [1.54, 1.807) is 6.07 Å². The Morgan fingerprint density at radius 3 is 2.67 bits per heavy atom. The molecule has 1 atom stereocenters. The number of guanidine groups is 1. The van der Waals surface area contributed by atoms with Crippen molar-refractivity contribution in [2.75, 3.05) is 11.9 Å². The van der Waals surface area contributed by atoms with Gasteiger partial charge in [-0.25, -0.2) is 4.39 Å². The van der Waals surface area contributed by atoms with E-state index < -0.39 is 18.5 Å². The maximum atomic E-state index is 13.1. The first kappa shape index (κ1) is 22.0. The van der Waals surface area contributed by atoms with Gasteiger partial charge in [0.25, 0.3) is 0 Å². The summed E-state index contributed by atoms with van der Waals surface area (Å²) in [5, 5.41) is 22.1. The SMILES string of the molecule is C=C/C(F)=C\C=C(/N)[C@H](CO)N/C(N)=N/C(Nc1cc(C)[nH]n1)=C(/Cl)C=C. The minimum atomic E-state index is -0.793. The Kier molecular flexibility index (Phi) is 8.83. The van der Waals surface area contributed by atoms with E-state index in [1.807, 2.05) is 6.92 Å². The number of nitrogens with one attached hydrogen (secondary N) is 3. The lowest BCUT2D eigenvalue weighted by atomic mass is 10.2. The van der Waals surface area contributed by atoms with E-state index in [1.165, 1.54) is 12.2 Å². The number of aliphatic hydroxyl groups excluding tert-OH is 1. The summed E-state index contributed by atoms with van der Waals surface area (Å²) in [5.41, 5.74) is 12.7. The Balaban J connectivity index is 3.00. The van der Waals surface area contributed by atoms with Crippen molar-refractivity contribution in [3.63, 3.8) is 0 Å². The Labute approximate surface area is 161 Å². The molecule has 1 aromatic heterocycles. The molecular weight excluding hydrogens is 373 g/mol. The average molecular weight is 396 g/mol. The van der Waals surface area contributed by atoms with Gasteiger partial charge in [0.15, 0.2) is 17.6 Å². The number of aromatic amines is 1. The van der Waals surface area contributed by atoms with Gasteiger partial charge in [0.05, 0.1) is 17.7 Å². The maximum Gasteiger partial charge on any atom is 0.195 e. The first-order valence-electron chi connectivity index (χ1n) is 7.78. The molecule has 0 aromatic carbocycles. The van der Waals surface area contributed by atoms with Gasteiger partial charge < -0.3 is 27.2 Å². The lowest BCUT2D eigenvalue weighted by molar-refractivity contribution is 0.269. The molecule has 0 spiro atoms. The third-order valence-corrected chi connectivity index (χ3v) is 3.46. The molecule has 0 aliphatic heterocycles. The molecular formula is C17H23ClFN7O. The Bertz CT molecular complexity index is 795. The van der Waals surface area contributed by atoms with Crippen LogP contribution in [-0.4, -0.2) is 33.9 Å². The predicted molar refractivity (Wildman–Crippen MR) is 107 cm³/mol. The summed E-state index contributed by atoms with van der Waals surface area (Å²) in [5.74, 6) is -0.00620. The van der Waals surface area contributed by atoms with Gasteiger partial charge in [-0.15, -0.1) is 0 Å². The van der Waals surface area contributed by atoms with E-state index in [2.05, 4.69) is 39.0 Å². The Morgan fingerprint density at radius 2 is 2.15 bits per heavy atom. The second kappa shape index (κ2) is 10.8. The number of aliphatic hydroxyl groups is 1. The number of hydrogen-bond donors (Lipinski definition) is 6. The van der Waals surface area contributed by atoms with Gasteiger partial charge in [0, 0.05) is 17.5 Å². The van der Waals surface area contributed by atoms with Crippen LogP contribution in [0.15, 0.2) is 70.9 Å². The molecule has 0 fully saturated rings. The molecule has 1 heterocycles. The number of halogens is 2. The van der Waals surface area contributed by atoms with Gasteiger partial charge >= 0.3 is 0 Å². The van der Waals surface area contributed by atoms with E-state index in [4.69, 9.17) is 23.1 Å². The molecule has 1 aromatic rings. The molecule has 0 saturated carbocycles. The van der Waals surface area contributed by atoms with Crippen molar-refractivity contribution in [2.24, 2.45) is 16.5 Å². The van der Waals surface area contributed by atoms with Gasteiger partial charge in [0.2, 0.25) is 0 Å².